The summed E-state index contributed by atoms with van der Waals surface area (Å²) in [5, 5.41) is 2.77. The second-order valence-corrected chi connectivity index (χ2v) is 5.73. The number of nitrogens with zero attached hydrogens (tertiary/aromatic N) is 2. The van der Waals surface area contributed by atoms with Gasteiger partial charge in [-0.05, 0) is 19.1 Å². The lowest BCUT2D eigenvalue weighted by atomic mass is 10.2. The minimum absolute atomic E-state index is 0.123. The van der Waals surface area contributed by atoms with Crippen molar-refractivity contribution in [1.29, 1.82) is 0 Å². The largest absolute Gasteiger partial charge is 0.497 e. The Morgan fingerprint density at radius 2 is 1.77 bits per heavy atom. The molecule has 1 aromatic heterocycles. The molecule has 0 aliphatic rings. The number of para-hydroxylation sites is 2. The maximum absolute atomic E-state index is 12.5. The summed E-state index contributed by atoms with van der Waals surface area (Å²) in [7, 11) is 3.07. The Hall–Kier alpha value is -3.35. The van der Waals surface area contributed by atoms with E-state index in [1.54, 1.807) is 37.3 Å². The first-order chi connectivity index (χ1) is 12.5. The predicted molar refractivity (Wildman–Crippen MR) is 98.9 cm³/mol. The van der Waals surface area contributed by atoms with Crippen molar-refractivity contribution in [2.75, 3.05) is 19.5 Å². The zero-order chi connectivity index (χ0) is 18.7. The van der Waals surface area contributed by atoms with Gasteiger partial charge >= 0.3 is 0 Å². The summed E-state index contributed by atoms with van der Waals surface area (Å²) < 4.78 is 11.8. The highest BCUT2D eigenvalue weighted by Gasteiger charge is 2.12. The maximum Gasteiger partial charge on any atom is 0.272 e. The lowest BCUT2D eigenvalue weighted by Crippen LogP contribution is -2.30. The zero-order valence-electron chi connectivity index (χ0n) is 14.8. The number of amides is 1. The van der Waals surface area contributed by atoms with Crippen molar-refractivity contribution in [3.63, 3.8) is 0 Å². The van der Waals surface area contributed by atoms with Crippen LogP contribution in [0.2, 0.25) is 0 Å². The van der Waals surface area contributed by atoms with Gasteiger partial charge in [-0.1, -0.05) is 12.1 Å². The summed E-state index contributed by atoms with van der Waals surface area (Å²) in [4.78, 5) is 29.2. The molecule has 7 heteroatoms. The molecular formula is C19H19N3O4. The molecule has 3 rings (SSSR count). The molecule has 0 atom stereocenters. The van der Waals surface area contributed by atoms with Crippen molar-refractivity contribution in [3.8, 4) is 11.5 Å². The number of hydrogen-bond acceptors (Lipinski definition) is 5. The number of aryl methyl sites for hydroxylation is 1. The Morgan fingerprint density at radius 3 is 2.42 bits per heavy atom. The highest BCUT2D eigenvalue weighted by Crippen LogP contribution is 2.25. The van der Waals surface area contributed by atoms with Crippen LogP contribution in [0, 0.1) is 6.92 Å². The van der Waals surface area contributed by atoms with Crippen LogP contribution in [-0.4, -0.2) is 29.7 Å². The summed E-state index contributed by atoms with van der Waals surface area (Å²) in [5.74, 6) is 0.780. The number of carbonyl (C=O) groups excluding carboxylic acids is 1. The summed E-state index contributed by atoms with van der Waals surface area (Å²) in [6.07, 6.45) is 0. The van der Waals surface area contributed by atoms with Crippen LogP contribution in [0.5, 0.6) is 11.5 Å². The fourth-order valence-corrected chi connectivity index (χ4v) is 2.70. The quantitative estimate of drug-likeness (QED) is 0.761. The third kappa shape index (κ3) is 3.51. The average molecular weight is 353 g/mol. The summed E-state index contributed by atoms with van der Waals surface area (Å²) in [6.45, 7) is 1.51. The first-order valence-corrected chi connectivity index (χ1v) is 8.01. The van der Waals surface area contributed by atoms with Crippen molar-refractivity contribution < 1.29 is 14.3 Å². The molecule has 1 N–H and O–H groups in total. The lowest BCUT2D eigenvalue weighted by Gasteiger charge is -2.12. The van der Waals surface area contributed by atoms with E-state index in [0.717, 1.165) is 0 Å². The van der Waals surface area contributed by atoms with E-state index in [4.69, 9.17) is 9.47 Å². The van der Waals surface area contributed by atoms with Crippen molar-refractivity contribution in [2.24, 2.45) is 0 Å². The molecule has 7 nitrogen and oxygen atoms in total. The number of benzene rings is 2. The smallest absolute Gasteiger partial charge is 0.272 e. The van der Waals surface area contributed by atoms with Gasteiger partial charge in [-0.25, -0.2) is 4.98 Å². The van der Waals surface area contributed by atoms with Crippen LogP contribution in [0.1, 0.15) is 5.69 Å². The second-order valence-electron chi connectivity index (χ2n) is 5.73. The molecule has 0 bridgehead atoms. The van der Waals surface area contributed by atoms with E-state index in [1.165, 1.54) is 18.8 Å². The molecule has 0 saturated heterocycles. The molecule has 1 amide bonds. The van der Waals surface area contributed by atoms with Crippen molar-refractivity contribution in [2.45, 2.75) is 13.5 Å². The highest BCUT2D eigenvalue weighted by atomic mass is 16.5. The van der Waals surface area contributed by atoms with Gasteiger partial charge in [-0.15, -0.1) is 0 Å². The fourth-order valence-electron chi connectivity index (χ4n) is 2.70. The molecule has 1 heterocycles. The molecule has 0 fully saturated rings. The van der Waals surface area contributed by atoms with Gasteiger partial charge in [-0.2, -0.15) is 0 Å². The third-order valence-corrected chi connectivity index (χ3v) is 3.95. The predicted octanol–water partition coefficient (Wildman–Crippen LogP) is 2.36. The van der Waals surface area contributed by atoms with Gasteiger partial charge in [-0.3, -0.25) is 14.2 Å². The SMILES string of the molecule is COc1cc(NC(=O)Cn2c(=O)c(C)nc3ccccc32)cc(OC)c1. The summed E-state index contributed by atoms with van der Waals surface area (Å²) >= 11 is 0. The Bertz CT molecular complexity index is 1000. The molecule has 2 aromatic carbocycles. The van der Waals surface area contributed by atoms with E-state index in [1.807, 2.05) is 12.1 Å². The van der Waals surface area contributed by atoms with E-state index >= 15 is 0 Å². The zero-order valence-corrected chi connectivity index (χ0v) is 14.8. The normalized spacial score (nSPS) is 10.6. The highest BCUT2D eigenvalue weighted by molar-refractivity contribution is 5.92. The Kier molecular flexibility index (Phi) is 4.88. The van der Waals surface area contributed by atoms with Crippen molar-refractivity contribution >= 4 is 22.6 Å². The molecule has 0 spiro atoms. The number of aromatic nitrogens is 2. The molecule has 26 heavy (non-hydrogen) atoms. The van der Waals surface area contributed by atoms with E-state index in [9.17, 15) is 9.59 Å². The number of methoxy groups -OCH3 is 2. The molecule has 0 saturated carbocycles. The van der Waals surface area contributed by atoms with Crippen LogP contribution < -0.4 is 20.3 Å². The molecule has 0 aliphatic heterocycles. The molecule has 0 unspecified atom stereocenters. The van der Waals surface area contributed by atoms with Crippen LogP contribution in [-0.2, 0) is 11.3 Å². The molecule has 0 radical (unpaired) electrons. The summed E-state index contributed by atoms with van der Waals surface area (Å²) in [6, 6.07) is 12.3. The standard InChI is InChI=1S/C19H19N3O4/c1-12-19(24)22(17-7-5-4-6-16(17)20-12)11-18(23)21-13-8-14(25-2)10-15(9-13)26-3/h4-10H,11H2,1-3H3,(H,21,23). The minimum Gasteiger partial charge on any atom is -0.497 e. The van der Waals surface area contributed by atoms with Gasteiger partial charge in [0.2, 0.25) is 5.91 Å². The first kappa shape index (κ1) is 17.5. The van der Waals surface area contributed by atoms with Crippen LogP contribution >= 0.6 is 0 Å². The van der Waals surface area contributed by atoms with Gasteiger partial charge in [0.05, 0.1) is 25.3 Å². The Labute approximate surface area is 150 Å². The lowest BCUT2D eigenvalue weighted by molar-refractivity contribution is -0.116. The number of rotatable bonds is 5. The third-order valence-electron chi connectivity index (χ3n) is 3.95. The van der Waals surface area contributed by atoms with Crippen LogP contribution in [0.15, 0.2) is 47.3 Å². The molecule has 134 valence electrons. The van der Waals surface area contributed by atoms with E-state index in [0.29, 0.717) is 33.9 Å². The van der Waals surface area contributed by atoms with Gasteiger partial charge in [0, 0.05) is 23.9 Å². The van der Waals surface area contributed by atoms with Gasteiger partial charge in [0.25, 0.3) is 5.56 Å². The summed E-state index contributed by atoms with van der Waals surface area (Å²) in [5.41, 5.74) is 1.86. The number of fused-ring (bicyclic) bond motifs is 1. The van der Waals surface area contributed by atoms with Crippen LogP contribution in [0.4, 0.5) is 5.69 Å². The number of hydrogen-bond donors (Lipinski definition) is 1. The molecule has 0 aliphatic carbocycles. The van der Waals surface area contributed by atoms with Crippen LogP contribution in [0.25, 0.3) is 11.0 Å². The van der Waals surface area contributed by atoms with E-state index in [-0.39, 0.29) is 18.0 Å². The van der Waals surface area contributed by atoms with E-state index < -0.39 is 0 Å². The van der Waals surface area contributed by atoms with Gasteiger partial charge < -0.3 is 14.8 Å². The van der Waals surface area contributed by atoms with Crippen molar-refractivity contribution in [3.05, 3.63) is 58.5 Å². The number of nitrogens with one attached hydrogen (secondary N) is 1. The molecule has 3 aromatic rings. The minimum atomic E-state index is -0.335. The number of ether oxygens (including phenoxy) is 2. The number of anilines is 1. The Balaban J connectivity index is 1.91. The fraction of sp³-hybridized carbons (Fsp3) is 0.211. The Morgan fingerprint density at radius 1 is 1.12 bits per heavy atom. The second kappa shape index (κ2) is 7.26. The monoisotopic (exact) mass is 353 g/mol. The maximum atomic E-state index is 12.5. The van der Waals surface area contributed by atoms with Crippen LogP contribution in [0.3, 0.4) is 0 Å². The first-order valence-electron chi connectivity index (χ1n) is 8.01. The van der Waals surface area contributed by atoms with Gasteiger partial charge in [0.1, 0.15) is 23.7 Å². The van der Waals surface area contributed by atoms with Crippen molar-refractivity contribution in [1.82, 2.24) is 9.55 Å². The average Bonchev–Trinajstić information content (AvgIpc) is 2.65. The van der Waals surface area contributed by atoms with Gasteiger partial charge in [0.15, 0.2) is 0 Å². The van der Waals surface area contributed by atoms with E-state index in [2.05, 4.69) is 10.3 Å². The topological polar surface area (TPSA) is 82.5 Å². The number of carbonyl (C=O) groups is 1. The molecular weight excluding hydrogens is 334 g/mol.